The van der Waals surface area contributed by atoms with Gasteiger partial charge in [0.15, 0.2) is 0 Å². The first-order chi connectivity index (χ1) is 7.42. The molecule has 0 aliphatic rings. The van der Waals surface area contributed by atoms with Crippen molar-refractivity contribution < 1.29 is 9.90 Å². The summed E-state index contributed by atoms with van der Waals surface area (Å²) in [4.78, 5) is 10.4. The number of hydrogen-bond acceptors (Lipinski definition) is 2. The molecule has 0 radical (unpaired) electrons. The molecule has 0 aliphatic carbocycles. The summed E-state index contributed by atoms with van der Waals surface area (Å²) < 4.78 is 0. The van der Waals surface area contributed by atoms with Crippen LogP contribution >= 0.6 is 0 Å². The van der Waals surface area contributed by atoms with Crippen LogP contribution in [0, 0.1) is 0 Å². The molecule has 2 heteroatoms. The Morgan fingerprint density at radius 3 is 2.31 bits per heavy atom. The Bertz CT molecular complexity index is 333. The normalized spacial score (nSPS) is 13.5. The Hall–Kier alpha value is -1.15. The number of carbonyl (C=O) groups is 1. The molecule has 1 atom stereocenters. The maximum atomic E-state index is 10.4. The summed E-state index contributed by atoms with van der Waals surface area (Å²) in [7, 11) is 0. The average Bonchev–Trinajstić information content (AvgIpc) is 2.16. The third-order valence-corrected chi connectivity index (χ3v) is 2.64. The van der Waals surface area contributed by atoms with E-state index in [1.807, 2.05) is 31.2 Å². The highest BCUT2D eigenvalue weighted by Gasteiger charge is 2.13. The van der Waals surface area contributed by atoms with E-state index >= 15 is 0 Å². The third kappa shape index (κ3) is 4.15. The zero-order valence-corrected chi connectivity index (χ0v) is 10.2. The minimum absolute atomic E-state index is 0.272. The van der Waals surface area contributed by atoms with Crippen molar-refractivity contribution in [3.05, 3.63) is 35.4 Å². The lowest BCUT2D eigenvalue weighted by Crippen LogP contribution is -2.21. The van der Waals surface area contributed by atoms with Crippen LogP contribution < -0.4 is 0 Å². The lowest BCUT2D eigenvalue weighted by molar-refractivity contribution is -0.108. The van der Waals surface area contributed by atoms with Gasteiger partial charge in [0.25, 0.3) is 0 Å². The van der Waals surface area contributed by atoms with Crippen LogP contribution in [-0.4, -0.2) is 17.0 Å². The molecular weight excluding hydrogens is 200 g/mol. The molecule has 2 nitrogen and oxygen atoms in total. The molecule has 16 heavy (non-hydrogen) atoms. The molecule has 1 N–H and O–H groups in total. The second-order valence-electron chi connectivity index (χ2n) is 5.03. The molecule has 1 aromatic carbocycles. The van der Waals surface area contributed by atoms with E-state index in [4.69, 9.17) is 0 Å². The lowest BCUT2D eigenvalue weighted by atomic mass is 9.94. The Balaban J connectivity index is 2.71. The molecule has 0 aromatic heterocycles. The first-order valence-corrected chi connectivity index (χ1v) is 5.67. The highest BCUT2D eigenvalue weighted by atomic mass is 16.3. The van der Waals surface area contributed by atoms with Gasteiger partial charge in [0.2, 0.25) is 0 Å². The van der Waals surface area contributed by atoms with Gasteiger partial charge >= 0.3 is 0 Å². The van der Waals surface area contributed by atoms with Crippen molar-refractivity contribution in [3.63, 3.8) is 0 Å². The van der Waals surface area contributed by atoms with E-state index in [1.54, 1.807) is 13.8 Å². The van der Waals surface area contributed by atoms with Gasteiger partial charge in [0, 0.05) is 12.8 Å². The number of aliphatic hydroxyl groups is 1. The van der Waals surface area contributed by atoms with E-state index in [2.05, 4.69) is 0 Å². The fourth-order valence-electron chi connectivity index (χ4n) is 1.74. The molecule has 0 aliphatic heterocycles. The van der Waals surface area contributed by atoms with E-state index in [0.29, 0.717) is 12.8 Å². The first-order valence-electron chi connectivity index (χ1n) is 5.67. The Morgan fingerprint density at radius 2 is 1.88 bits per heavy atom. The van der Waals surface area contributed by atoms with E-state index in [1.165, 1.54) is 5.56 Å². The van der Waals surface area contributed by atoms with Crippen molar-refractivity contribution in [2.75, 3.05) is 0 Å². The summed E-state index contributed by atoms with van der Waals surface area (Å²) >= 11 is 0. The maximum Gasteiger partial charge on any atom is 0.120 e. The minimum atomic E-state index is -0.671. The van der Waals surface area contributed by atoms with Crippen LogP contribution in [0.4, 0.5) is 0 Å². The first kappa shape index (κ1) is 12.9. The number of rotatable bonds is 5. The SMILES string of the molecule is CC(CC=O)c1ccc(CC(C)(C)O)cc1. The third-order valence-electron chi connectivity index (χ3n) is 2.64. The topological polar surface area (TPSA) is 37.3 Å². The van der Waals surface area contributed by atoms with Crippen molar-refractivity contribution in [1.82, 2.24) is 0 Å². The van der Waals surface area contributed by atoms with E-state index in [0.717, 1.165) is 11.8 Å². The highest BCUT2D eigenvalue weighted by Crippen LogP contribution is 2.20. The second-order valence-corrected chi connectivity index (χ2v) is 5.03. The standard InChI is InChI=1S/C14H20O2/c1-11(8-9-15)13-6-4-12(5-7-13)10-14(2,3)16/h4-7,9,11,16H,8,10H2,1-3H3. The largest absolute Gasteiger partial charge is 0.390 e. The number of aldehydes is 1. The molecule has 1 aromatic rings. The molecule has 0 heterocycles. The molecule has 0 saturated carbocycles. The van der Waals surface area contributed by atoms with Gasteiger partial charge in [-0.2, -0.15) is 0 Å². The molecule has 0 saturated heterocycles. The molecular formula is C14H20O2. The van der Waals surface area contributed by atoms with Gasteiger partial charge in [-0.3, -0.25) is 0 Å². The Labute approximate surface area is 97.3 Å². The number of carbonyl (C=O) groups excluding carboxylic acids is 1. The molecule has 1 rings (SSSR count). The van der Waals surface area contributed by atoms with Crippen LogP contribution in [0.5, 0.6) is 0 Å². The predicted octanol–water partition coefficient (Wildman–Crippen LogP) is 2.69. The van der Waals surface area contributed by atoms with Crippen LogP contribution in [0.15, 0.2) is 24.3 Å². The molecule has 0 bridgehead atoms. The van der Waals surface area contributed by atoms with Gasteiger partial charge in [-0.1, -0.05) is 31.2 Å². The summed E-state index contributed by atoms with van der Waals surface area (Å²) in [5, 5.41) is 9.69. The maximum absolute atomic E-state index is 10.4. The molecule has 0 fully saturated rings. The predicted molar refractivity (Wildman–Crippen MR) is 65.5 cm³/mol. The summed E-state index contributed by atoms with van der Waals surface area (Å²) in [6.45, 7) is 5.64. The van der Waals surface area contributed by atoms with Crippen LogP contribution in [-0.2, 0) is 11.2 Å². The molecule has 1 unspecified atom stereocenters. The highest BCUT2D eigenvalue weighted by molar-refractivity contribution is 5.51. The molecule has 0 spiro atoms. The smallest absolute Gasteiger partial charge is 0.120 e. The van der Waals surface area contributed by atoms with E-state index < -0.39 is 5.60 Å². The van der Waals surface area contributed by atoms with Gasteiger partial charge in [0.05, 0.1) is 5.60 Å². The summed E-state index contributed by atoms with van der Waals surface area (Å²) in [5.74, 6) is 0.272. The fraction of sp³-hybridized carbons (Fsp3) is 0.500. The number of benzene rings is 1. The van der Waals surface area contributed by atoms with Crippen LogP contribution in [0.2, 0.25) is 0 Å². The Morgan fingerprint density at radius 1 is 1.31 bits per heavy atom. The minimum Gasteiger partial charge on any atom is -0.390 e. The van der Waals surface area contributed by atoms with Gasteiger partial charge in [-0.05, 0) is 30.9 Å². The zero-order valence-electron chi connectivity index (χ0n) is 10.2. The molecule has 0 amide bonds. The zero-order chi connectivity index (χ0) is 12.2. The monoisotopic (exact) mass is 220 g/mol. The van der Waals surface area contributed by atoms with Gasteiger partial charge in [-0.15, -0.1) is 0 Å². The van der Waals surface area contributed by atoms with Crippen molar-refractivity contribution >= 4 is 6.29 Å². The van der Waals surface area contributed by atoms with Crippen molar-refractivity contribution in [1.29, 1.82) is 0 Å². The molecule has 88 valence electrons. The summed E-state index contributed by atoms with van der Waals surface area (Å²) in [5.41, 5.74) is 1.62. The summed E-state index contributed by atoms with van der Waals surface area (Å²) in [6.07, 6.45) is 2.16. The van der Waals surface area contributed by atoms with Crippen LogP contribution in [0.1, 0.15) is 44.2 Å². The summed E-state index contributed by atoms with van der Waals surface area (Å²) in [6, 6.07) is 8.12. The van der Waals surface area contributed by atoms with E-state index in [9.17, 15) is 9.90 Å². The average molecular weight is 220 g/mol. The van der Waals surface area contributed by atoms with Gasteiger partial charge < -0.3 is 9.90 Å². The van der Waals surface area contributed by atoms with Gasteiger partial charge in [0.1, 0.15) is 6.29 Å². The van der Waals surface area contributed by atoms with Gasteiger partial charge in [-0.25, -0.2) is 0 Å². The lowest BCUT2D eigenvalue weighted by Gasteiger charge is -2.17. The fourth-order valence-corrected chi connectivity index (χ4v) is 1.74. The Kier molecular flexibility index (Phi) is 4.25. The van der Waals surface area contributed by atoms with E-state index in [-0.39, 0.29) is 5.92 Å². The second kappa shape index (κ2) is 5.26. The van der Waals surface area contributed by atoms with Crippen molar-refractivity contribution in [3.8, 4) is 0 Å². The van der Waals surface area contributed by atoms with Crippen molar-refractivity contribution in [2.24, 2.45) is 0 Å². The quantitative estimate of drug-likeness (QED) is 0.775. The number of hydrogen-bond donors (Lipinski definition) is 1. The van der Waals surface area contributed by atoms with Crippen molar-refractivity contribution in [2.45, 2.75) is 45.1 Å². The van der Waals surface area contributed by atoms with Crippen LogP contribution in [0.3, 0.4) is 0 Å². The van der Waals surface area contributed by atoms with Crippen LogP contribution in [0.25, 0.3) is 0 Å².